The predicted molar refractivity (Wildman–Crippen MR) is 91.4 cm³/mol. The number of hydrogen-bond donors (Lipinski definition) is 0. The first-order valence-corrected chi connectivity index (χ1v) is 11.5. The summed E-state index contributed by atoms with van der Waals surface area (Å²) in [5.74, 6) is -2.81. The van der Waals surface area contributed by atoms with Crippen molar-refractivity contribution in [3.05, 3.63) is 0 Å². The van der Waals surface area contributed by atoms with Crippen LogP contribution in [-0.2, 0) is 47.7 Å². The van der Waals surface area contributed by atoms with Gasteiger partial charge in [0.1, 0.15) is 0 Å². The number of ether oxygens (including phenoxy) is 2. The van der Waals surface area contributed by atoms with Crippen molar-refractivity contribution in [1.29, 1.82) is 0 Å². The number of rotatable bonds is 8. The minimum absolute atomic E-state index is 0.0293. The van der Waals surface area contributed by atoms with Crippen molar-refractivity contribution in [1.82, 2.24) is 0 Å². The monoisotopic (exact) mass is 428 g/mol. The number of carbonyl (C=O) groups excluding carboxylic acids is 2. The maximum Gasteiger partial charge on any atom is 0.337 e. The van der Waals surface area contributed by atoms with Gasteiger partial charge in [-0.15, -0.1) is 0 Å². The van der Waals surface area contributed by atoms with Crippen molar-refractivity contribution in [3.63, 3.8) is 0 Å². The Bertz CT molecular complexity index is 742. The van der Waals surface area contributed by atoms with E-state index in [0.29, 0.717) is 0 Å². The van der Waals surface area contributed by atoms with Gasteiger partial charge in [-0.1, -0.05) is 27.7 Å². The van der Waals surface area contributed by atoms with Crippen LogP contribution in [0.2, 0.25) is 0 Å². The van der Waals surface area contributed by atoms with E-state index in [2.05, 4.69) is 0 Å². The molecule has 0 aromatic heterocycles. The molecule has 0 radical (unpaired) electrons. The fourth-order valence-corrected chi connectivity index (χ4v) is 5.23. The van der Waals surface area contributed by atoms with Gasteiger partial charge in [-0.2, -0.15) is 16.8 Å². The van der Waals surface area contributed by atoms with Crippen LogP contribution in [0.15, 0.2) is 0 Å². The molecule has 12 heteroatoms. The van der Waals surface area contributed by atoms with Gasteiger partial charge in [-0.3, -0.25) is 8.37 Å². The fraction of sp³-hybridized carbons (Fsp3) is 0.867. The smallest absolute Gasteiger partial charge is 0.337 e. The molecule has 0 bridgehead atoms. The second kappa shape index (κ2) is 7.30. The Morgan fingerprint density at radius 3 is 1.41 bits per heavy atom. The van der Waals surface area contributed by atoms with Crippen molar-refractivity contribution in [2.45, 2.75) is 46.3 Å². The van der Waals surface area contributed by atoms with Crippen molar-refractivity contribution in [3.8, 4) is 0 Å². The van der Waals surface area contributed by atoms with Crippen molar-refractivity contribution < 1.29 is 44.3 Å². The molecular formula is C15H24O10S2. The third kappa shape index (κ3) is 5.39. The van der Waals surface area contributed by atoms with E-state index in [1.807, 2.05) is 0 Å². The Labute approximate surface area is 158 Å². The van der Waals surface area contributed by atoms with Crippen LogP contribution in [0.1, 0.15) is 34.1 Å². The highest BCUT2D eigenvalue weighted by Crippen LogP contribution is 2.33. The van der Waals surface area contributed by atoms with Gasteiger partial charge in [0.25, 0.3) is 20.2 Å². The molecule has 0 unspecified atom stereocenters. The molecule has 2 aliphatic heterocycles. The van der Waals surface area contributed by atoms with Gasteiger partial charge in [0, 0.05) is 10.8 Å². The molecule has 27 heavy (non-hydrogen) atoms. The maximum atomic E-state index is 12.1. The Kier molecular flexibility index (Phi) is 5.96. The third-order valence-corrected chi connectivity index (χ3v) is 6.84. The highest BCUT2D eigenvalue weighted by molar-refractivity contribution is 7.87. The summed E-state index contributed by atoms with van der Waals surface area (Å²) in [5, 5.41) is 0. The number of carbonyl (C=O) groups is 2. The van der Waals surface area contributed by atoms with Crippen LogP contribution in [0.25, 0.3) is 0 Å². The van der Waals surface area contributed by atoms with Gasteiger partial charge in [0.05, 0.1) is 24.7 Å². The van der Waals surface area contributed by atoms with Crippen LogP contribution in [-0.4, -0.2) is 65.7 Å². The third-order valence-electron chi connectivity index (χ3n) is 4.29. The summed E-state index contributed by atoms with van der Waals surface area (Å²) in [6.07, 6.45) is -2.87. The van der Waals surface area contributed by atoms with E-state index >= 15 is 0 Å². The molecule has 0 saturated carbocycles. The van der Waals surface area contributed by atoms with Crippen LogP contribution in [0.3, 0.4) is 0 Å². The van der Waals surface area contributed by atoms with Gasteiger partial charge in [0.15, 0.2) is 12.2 Å². The normalized spacial score (nSPS) is 27.4. The first-order valence-electron chi connectivity index (χ1n) is 8.30. The van der Waals surface area contributed by atoms with E-state index in [0.717, 1.165) is 0 Å². The predicted octanol–water partition coefficient (Wildman–Crippen LogP) is -0.0275. The molecule has 0 aromatic rings. The second-order valence-electron chi connectivity index (χ2n) is 8.02. The van der Waals surface area contributed by atoms with Crippen molar-refractivity contribution >= 4 is 32.2 Å². The average Bonchev–Trinajstić information content (AvgIpc) is 2.90. The van der Waals surface area contributed by atoms with E-state index in [9.17, 15) is 26.4 Å². The summed E-state index contributed by atoms with van der Waals surface area (Å²) in [4.78, 5) is 23.2. The molecular weight excluding hydrogens is 404 g/mol. The molecule has 0 aromatic carbocycles. The molecule has 2 fully saturated rings. The first-order chi connectivity index (χ1) is 12.2. The molecule has 2 heterocycles. The summed E-state index contributed by atoms with van der Waals surface area (Å²) in [5.41, 5.74) is -1.62. The Morgan fingerprint density at radius 1 is 0.815 bits per heavy atom. The van der Waals surface area contributed by atoms with E-state index in [4.69, 9.17) is 17.8 Å². The highest BCUT2D eigenvalue weighted by Gasteiger charge is 2.48. The maximum absolute atomic E-state index is 12.1. The summed E-state index contributed by atoms with van der Waals surface area (Å²) in [7, 11) is -8.33. The zero-order chi connectivity index (χ0) is 20.7. The summed E-state index contributed by atoms with van der Waals surface area (Å²) in [6.45, 7) is 6.55. The van der Waals surface area contributed by atoms with Gasteiger partial charge >= 0.3 is 11.9 Å². The minimum Gasteiger partial charge on any atom is -0.463 e. The van der Waals surface area contributed by atoms with Gasteiger partial charge < -0.3 is 9.47 Å². The lowest BCUT2D eigenvalue weighted by atomic mass is 9.90. The molecule has 2 saturated heterocycles. The number of cyclic esters (lactones) is 2. The van der Waals surface area contributed by atoms with Crippen LogP contribution in [0, 0.1) is 10.8 Å². The van der Waals surface area contributed by atoms with E-state index < -0.39 is 66.7 Å². The Balaban J connectivity index is 1.90. The van der Waals surface area contributed by atoms with E-state index in [-0.39, 0.29) is 19.6 Å². The lowest BCUT2D eigenvalue weighted by Crippen LogP contribution is -2.36. The van der Waals surface area contributed by atoms with Gasteiger partial charge in [0.2, 0.25) is 0 Å². The first kappa shape index (κ1) is 22.1. The summed E-state index contributed by atoms with van der Waals surface area (Å²) in [6, 6.07) is 0. The summed E-state index contributed by atoms with van der Waals surface area (Å²) >= 11 is 0. The van der Waals surface area contributed by atoms with Gasteiger partial charge in [-0.05, 0) is 6.42 Å². The zero-order valence-electron chi connectivity index (χ0n) is 15.6. The summed E-state index contributed by atoms with van der Waals surface area (Å²) < 4.78 is 67.7. The zero-order valence-corrected chi connectivity index (χ0v) is 17.2. The highest BCUT2D eigenvalue weighted by atomic mass is 32.2. The molecule has 156 valence electrons. The molecule has 2 rings (SSSR count). The fourth-order valence-electron chi connectivity index (χ4n) is 2.60. The topological polar surface area (TPSA) is 139 Å². The van der Waals surface area contributed by atoms with Crippen LogP contribution in [0.4, 0.5) is 0 Å². The van der Waals surface area contributed by atoms with E-state index in [1.54, 1.807) is 27.7 Å². The molecule has 2 aliphatic rings. The van der Waals surface area contributed by atoms with Crippen LogP contribution in [0.5, 0.6) is 0 Å². The van der Waals surface area contributed by atoms with Crippen molar-refractivity contribution in [2.24, 2.45) is 10.8 Å². The molecule has 0 spiro atoms. The minimum atomic E-state index is -4.16. The van der Waals surface area contributed by atoms with Crippen LogP contribution >= 0.6 is 0 Å². The molecule has 10 nitrogen and oxygen atoms in total. The molecule has 0 N–H and O–H groups in total. The quantitative estimate of drug-likeness (QED) is 0.382. The lowest BCUT2D eigenvalue weighted by molar-refractivity contribution is -0.144. The lowest BCUT2D eigenvalue weighted by Gasteiger charge is -2.22. The largest absolute Gasteiger partial charge is 0.463 e. The average molecular weight is 428 g/mol. The SMILES string of the molecule is CC1(C)COC(=O)[C@H]1OS(=O)(=O)CCCS(=O)(=O)O[C@@H]1C(=O)OCC1(C)C. The second-order valence-corrected chi connectivity index (χ2v) is 11.5. The standard InChI is InChI=1S/C15H24O10S2/c1-14(2)8-22-12(16)10(14)24-26(18,19)6-5-7-27(20,21)25-11-13(17)23-9-15(11,3)4/h10-11H,5-9H2,1-4H3/t10-,11-/m1/s1. The molecule has 0 aliphatic carbocycles. The van der Waals surface area contributed by atoms with Gasteiger partial charge in [-0.25, -0.2) is 9.59 Å². The number of esters is 2. The number of hydrogen-bond acceptors (Lipinski definition) is 10. The Hall–Kier alpha value is -1.24. The molecule has 2 atom stereocenters. The van der Waals surface area contributed by atoms with Crippen molar-refractivity contribution in [2.75, 3.05) is 24.7 Å². The Morgan fingerprint density at radius 2 is 1.15 bits per heavy atom. The molecule has 0 amide bonds. The van der Waals surface area contributed by atoms with Crippen LogP contribution < -0.4 is 0 Å². The van der Waals surface area contributed by atoms with E-state index in [1.165, 1.54) is 0 Å².